The molecule has 0 heterocycles. The van der Waals surface area contributed by atoms with Crippen LogP contribution in [0, 0.1) is 11.8 Å². The monoisotopic (exact) mass is 212 g/mol. The van der Waals surface area contributed by atoms with E-state index in [1.807, 2.05) is 0 Å². The molecule has 0 radical (unpaired) electrons. The van der Waals surface area contributed by atoms with E-state index in [9.17, 15) is 9.59 Å². The zero-order valence-corrected chi connectivity index (χ0v) is 9.37. The summed E-state index contributed by atoms with van der Waals surface area (Å²) in [5.74, 6) is 0.221. The second-order valence-electron chi connectivity index (χ2n) is 4.49. The molecule has 0 amide bonds. The van der Waals surface area contributed by atoms with Gasteiger partial charge in [-0.1, -0.05) is 13.3 Å². The number of Topliss-reactive ketones (excluding diaryl/α,β-unsaturated/α-hetero) is 1. The number of carboxylic acid groups (broad SMARTS) is 1. The Hall–Kier alpha value is -0.860. The van der Waals surface area contributed by atoms with E-state index >= 15 is 0 Å². The van der Waals surface area contributed by atoms with Crippen molar-refractivity contribution in [2.75, 3.05) is 0 Å². The first-order valence-corrected chi connectivity index (χ1v) is 5.88. The molecule has 0 bridgehead atoms. The fourth-order valence-electron chi connectivity index (χ4n) is 2.33. The summed E-state index contributed by atoms with van der Waals surface area (Å²) in [6.07, 6.45) is 5.63. The molecule has 1 rings (SSSR count). The standard InChI is InChI=1S/C12H20O3/c1-2-9-3-5-10(6-4-9)11(13)7-8-12(14)15/h9-10H,2-8H2,1H3,(H,14,15)/t9-,10-. The molecule has 0 aromatic rings. The third-order valence-corrected chi connectivity index (χ3v) is 3.46. The van der Waals surface area contributed by atoms with Gasteiger partial charge in [-0.2, -0.15) is 0 Å². The predicted octanol–water partition coefficient (Wildman–Crippen LogP) is 2.64. The summed E-state index contributed by atoms with van der Waals surface area (Å²) in [5, 5.41) is 8.49. The summed E-state index contributed by atoms with van der Waals surface area (Å²) in [7, 11) is 0. The van der Waals surface area contributed by atoms with Gasteiger partial charge in [-0.25, -0.2) is 0 Å². The first-order chi connectivity index (χ1) is 7.13. The van der Waals surface area contributed by atoms with Crippen LogP contribution in [0.4, 0.5) is 0 Å². The minimum Gasteiger partial charge on any atom is -0.481 e. The Morgan fingerprint density at radius 3 is 2.20 bits per heavy atom. The molecule has 1 fully saturated rings. The molecule has 3 heteroatoms. The molecular formula is C12H20O3. The van der Waals surface area contributed by atoms with E-state index in [1.54, 1.807) is 0 Å². The quantitative estimate of drug-likeness (QED) is 0.762. The lowest BCUT2D eigenvalue weighted by atomic mass is 9.78. The topological polar surface area (TPSA) is 54.4 Å². The normalized spacial score (nSPS) is 26.2. The molecule has 0 atom stereocenters. The number of carboxylic acids is 1. The molecule has 1 aliphatic rings. The van der Waals surface area contributed by atoms with Crippen LogP contribution in [-0.4, -0.2) is 16.9 Å². The lowest BCUT2D eigenvalue weighted by Gasteiger charge is -2.26. The van der Waals surface area contributed by atoms with Crippen molar-refractivity contribution in [2.45, 2.75) is 51.9 Å². The highest BCUT2D eigenvalue weighted by Crippen LogP contribution is 2.31. The molecule has 0 aromatic carbocycles. The maximum Gasteiger partial charge on any atom is 0.303 e. The van der Waals surface area contributed by atoms with Crippen LogP contribution in [0.25, 0.3) is 0 Å². The van der Waals surface area contributed by atoms with Gasteiger partial charge < -0.3 is 5.11 Å². The smallest absolute Gasteiger partial charge is 0.303 e. The number of aliphatic carboxylic acids is 1. The number of ketones is 1. The molecule has 1 N–H and O–H groups in total. The van der Waals surface area contributed by atoms with Crippen LogP contribution in [0.3, 0.4) is 0 Å². The average molecular weight is 212 g/mol. The van der Waals surface area contributed by atoms with E-state index in [0.29, 0.717) is 0 Å². The average Bonchev–Trinajstić information content (AvgIpc) is 2.26. The van der Waals surface area contributed by atoms with Crippen LogP contribution in [0.5, 0.6) is 0 Å². The molecule has 0 spiro atoms. The molecule has 0 saturated heterocycles. The Kier molecular flexibility index (Phi) is 4.79. The van der Waals surface area contributed by atoms with E-state index in [4.69, 9.17) is 5.11 Å². The summed E-state index contributed by atoms with van der Waals surface area (Å²) in [4.78, 5) is 22.0. The Balaban J connectivity index is 2.27. The van der Waals surface area contributed by atoms with E-state index in [-0.39, 0.29) is 24.5 Å². The van der Waals surface area contributed by atoms with Gasteiger partial charge in [0.1, 0.15) is 5.78 Å². The predicted molar refractivity (Wildman–Crippen MR) is 57.6 cm³/mol. The van der Waals surface area contributed by atoms with Crippen molar-refractivity contribution in [3.05, 3.63) is 0 Å². The van der Waals surface area contributed by atoms with Gasteiger partial charge >= 0.3 is 5.97 Å². The molecule has 0 aliphatic heterocycles. The number of rotatable bonds is 5. The number of hydrogen-bond acceptors (Lipinski definition) is 2. The lowest BCUT2D eigenvalue weighted by molar-refractivity contribution is -0.139. The van der Waals surface area contributed by atoms with E-state index in [2.05, 4.69) is 6.92 Å². The third kappa shape index (κ3) is 4.02. The van der Waals surface area contributed by atoms with Crippen LogP contribution in [0.1, 0.15) is 51.9 Å². The Bertz CT molecular complexity index is 227. The minimum absolute atomic E-state index is 0.00740. The van der Waals surface area contributed by atoms with Crippen molar-refractivity contribution in [2.24, 2.45) is 11.8 Å². The number of carbonyl (C=O) groups excluding carboxylic acids is 1. The van der Waals surface area contributed by atoms with Gasteiger partial charge in [-0.15, -0.1) is 0 Å². The molecule has 3 nitrogen and oxygen atoms in total. The van der Waals surface area contributed by atoms with Crippen molar-refractivity contribution in [3.8, 4) is 0 Å². The van der Waals surface area contributed by atoms with Crippen molar-refractivity contribution < 1.29 is 14.7 Å². The zero-order chi connectivity index (χ0) is 11.3. The minimum atomic E-state index is -0.870. The van der Waals surface area contributed by atoms with Crippen LogP contribution < -0.4 is 0 Å². The largest absolute Gasteiger partial charge is 0.481 e. The van der Waals surface area contributed by atoms with Crippen LogP contribution >= 0.6 is 0 Å². The van der Waals surface area contributed by atoms with Gasteiger partial charge in [-0.3, -0.25) is 9.59 Å². The van der Waals surface area contributed by atoms with Crippen molar-refractivity contribution in [1.29, 1.82) is 0 Å². The van der Waals surface area contributed by atoms with Crippen LogP contribution in [0.2, 0.25) is 0 Å². The number of hydrogen-bond donors (Lipinski definition) is 1. The second-order valence-corrected chi connectivity index (χ2v) is 4.49. The Morgan fingerprint density at radius 2 is 1.73 bits per heavy atom. The summed E-state index contributed by atoms with van der Waals surface area (Å²) in [6, 6.07) is 0. The van der Waals surface area contributed by atoms with Gasteiger partial charge in [-0.05, 0) is 31.6 Å². The van der Waals surface area contributed by atoms with Crippen LogP contribution in [-0.2, 0) is 9.59 Å². The number of carbonyl (C=O) groups is 2. The van der Waals surface area contributed by atoms with E-state index in [0.717, 1.165) is 31.6 Å². The molecule has 15 heavy (non-hydrogen) atoms. The summed E-state index contributed by atoms with van der Waals surface area (Å²) in [5.41, 5.74) is 0. The summed E-state index contributed by atoms with van der Waals surface area (Å²) in [6.45, 7) is 2.19. The van der Waals surface area contributed by atoms with Gasteiger partial charge in [0.05, 0.1) is 6.42 Å². The highest BCUT2D eigenvalue weighted by atomic mass is 16.4. The van der Waals surface area contributed by atoms with Crippen molar-refractivity contribution >= 4 is 11.8 Å². The fourth-order valence-corrected chi connectivity index (χ4v) is 2.33. The van der Waals surface area contributed by atoms with Gasteiger partial charge in [0.25, 0.3) is 0 Å². The van der Waals surface area contributed by atoms with E-state index in [1.165, 1.54) is 6.42 Å². The van der Waals surface area contributed by atoms with Gasteiger partial charge in [0.15, 0.2) is 0 Å². The molecular weight excluding hydrogens is 192 g/mol. The highest BCUT2D eigenvalue weighted by Gasteiger charge is 2.25. The van der Waals surface area contributed by atoms with Gasteiger partial charge in [0, 0.05) is 12.3 Å². The molecule has 1 saturated carbocycles. The first kappa shape index (κ1) is 12.2. The van der Waals surface area contributed by atoms with Crippen molar-refractivity contribution in [3.63, 3.8) is 0 Å². The Morgan fingerprint density at radius 1 is 1.13 bits per heavy atom. The molecule has 86 valence electrons. The lowest BCUT2D eigenvalue weighted by Crippen LogP contribution is -2.22. The summed E-state index contributed by atoms with van der Waals surface area (Å²) < 4.78 is 0. The maximum atomic E-state index is 11.6. The van der Waals surface area contributed by atoms with Crippen molar-refractivity contribution in [1.82, 2.24) is 0 Å². The SMILES string of the molecule is CC[C@H]1CC[C@H](C(=O)CCC(=O)O)CC1. The maximum absolute atomic E-state index is 11.6. The Labute approximate surface area is 90.9 Å². The van der Waals surface area contributed by atoms with Crippen LogP contribution in [0.15, 0.2) is 0 Å². The summed E-state index contributed by atoms with van der Waals surface area (Å²) >= 11 is 0. The van der Waals surface area contributed by atoms with Gasteiger partial charge in [0.2, 0.25) is 0 Å². The molecule has 0 unspecified atom stereocenters. The molecule has 1 aliphatic carbocycles. The fraction of sp³-hybridized carbons (Fsp3) is 0.833. The van der Waals surface area contributed by atoms with E-state index < -0.39 is 5.97 Å². The zero-order valence-electron chi connectivity index (χ0n) is 9.37. The second kappa shape index (κ2) is 5.89. The first-order valence-electron chi connectivity index (χ1n) is 5.88. The molecule has 0 aromatic heterocycles. The highest BCUT2D eigenvalue weighted by molar-refractivity contribution is 5.84. The third-order valence-electron chi connectivity index (χ3n) is 3.46.